The number of aliphatic imine (C=N–C) groups is 1. The smallest absolute Gasteiger partial charge is 0.130 e. The molecule has 0 fully saturated rings. The topological polar surface area (TPSA) is 45.1 Å². The van der Waals surface area contributed by atoms with E-state index in [2.05, 4.69) is 37.0 Å². The third-order valence-corrected chi connectivity index (χ3v) is 4.39. The van der Waals surface area contributed by atoms with Gasteiger partial charge in [0.15, 0.2) is 0 Å². The molecule has 4 heteroatoms. The molecular formula is C22H30N2O2. The van der Waals surface area contributed by atoms with Crippen LogP contribution in [-0.4, -0.2) is 36.5 Å². The lowest BCUT2D eigenvalue weighted by molar-refractivity contribution is 0.284. The summed E-state index contributed by atoms with van der Waals surface area (Å²) in [6.45, 7) is 7.37. The summed E-state index contributed by atoms with van der Waals surface area (Å²) in [4.78, 5) is 6.61. The Hall–Kier alpha value is -2.33. The predicted octanol–water partition coefficient (Wildman–Crippen LogP) is 5.02. The second-order valence-electron chi connectivity index (χ2n) is 6.65. The number of aliphatic hydroxyl groups excluding tert-OH is 1. The molecule has 140 valence electrons. The average Bonchev–Trinajstić information content (AvgIpc) is 2.63. The van der Waals surface area contributed by atoms with Gasteiger partial charge in [-0.2, -0.15) is 0 Å². The van der Waals surface area contributed by atoms with Crippen molar-refractivity contribution in [1.29, 1.82) is 0 Å². The Bertz CT molecular complexity index is 741. The number of hydrogen-bond donors (Lipinski definition) is 1. The summed E-state index contributed by atoms with van der Waals surface area (Å²) in [6, 6.07) is 12.3. The maximum Gasteiger partial charge on any atom is 0.130 e. The highest BCUT2D eigenvalue weighted by atomic mass is 16.5. The van der Waals surface area contributed by atoms with E-state index >= 15 is 0 Å². The molecule has 26 heavy (non-hydrogen) atoms. The monoisotopic (exact) mass is 354 g/mol. The fourth-order valence-electron chi connectivity index (χ4n) is 2.60. The number of unbranched alkanes of at least 4 members (excludes halogenated alkanes) is 1. The zero-order valence-corrected chi connectivity index (χ0v) is 16.3. The minimum Gasteiger partial charge on any atom is -0.457 e. The standard InChI is InChI=1S/C22H30N2O2/c1-5-24(4)16-23-21-13-18(3)22(14-17(21)2)26-20-11-8-10-19(15-20)9-6-7-12-25/h8,10-11,13-16,25H,5-7,9,12H2,1-4H3. The van der Waals surface area contributed by atoms with Crippen molar-refractivity contribution in [2.24, 2.45) is 4.99 Å². The molecule has 2 aromatic rings. The van der Waals surface area contributed by atoms with Crippen LogP contribution in [0.25, 0.3) is 0 Å². The van der Waals surface area contributed by atoms with Crippen LogP contribution in [0.4, 0.5) is 5.69 Å². The Morgan fingerprint density at radius 3 is 2.65 bits per heavy atom. The van der Waals surface area contributed by atoms with Crippen LogP contribution in [0, 0.1) is 13.8 Å². The van der Waals surface area contributed by atoms with Crippen LogP contribution in [0.3, 0.4) is 0 Å². The number of benzene rings is 2. The molecular weight excluding hydrogens is 324 g/mol. The van der Waals surface area contributed by atoms with Gasteiger partial charge in [0.25, 0.3) is 0 Å². The van der Waals surface area contributed by atoms with E-state index in [0.717, 1.165) is 54.1 Å². The molecule has 0 unspecified atom stereocenters. The molecule has 1 N–H and O–H groups in total. The lowest BCUT2D eigenvalue weighted by Gasteiger charge is -2.13. The predicted molar refractivity (Wildman–Crippen MR) is 109 cm³/mol. The molecule has 0 bridgehead atoms. The molecule has 2 rings (SSSR count). The van der Waals surface area contributed by atoms with E-state index in [1.165, 1.54) is 5.56 Å². The van der Waals surface area contributed by atoms with Gasteiger partial charge in [-0.05, 0) is 81.0 Å². The third-order valence-electron chi connectivity index (χ3n) is 4.39. The van der Waals surface area contributed by atoms with Gasteiger partial charge in [-0.3, -0.25) is 0 Å². The van der Waals surface area contributed by atoms with E-state index in [1.807, 2.05) is 43.4 Å². The second-order valence-corrected chi connectivity index (χ2v) is 6.65. The summed E-state index contributed by atoms with van der Waals surface area (Å²) in [5.74, 6) is 1.70. The summed E-state index contributed by atoms with van der Waals surface area (Å²) in [5.41, 5.74) is 4.35. The SMILES string of the molecule is CCN(C)C=Nc1cc(C)c(Oc2cccc(CCCCO)c2)cc1C. The van der Waals surface area contributed by atoms with Crippen molar-refractivity contribution >= 4 is 12.0 Å². The number of rotatable bonds is 9. The first-order valence-corrected chi connectivity index (χ1v) is 9.26. The summed E-state index contributed by atoms with van der Waals surface area (Å²) in [6.07, 6.45) is 4.63. The highest BCUT2D eigenvalue weighted by molar-refractivity contribution is 5.64. The minimum atomic E-state index is 0.248. The molecule has 0 atom stereocenters. The molecule has 0 saturated heterocycles. The van der Waals surface area contributed by atoms with Crippen LogP contribution in [0.5, 0.6) is 11.5 Å². The van der Waals surface area contributed by atoms with Crippen molar-refractivity contribution < 1.29 is 9.84 Å². The van der Waals surface area contributed by atoms with Gasteiger partial charge in [-0.1, -0.05) is 12.1 Å². The van der Waals surface area contributed by atoms with E-state index < -0.39 is 0 Å². The Morgan fingerprint density at radius 1 is 1.12 bits per heavy atom. The van der Waals surface area contributed by atoms with Gasteiger partial charge < -0.3 is 14.7 Å². The quantitative estimate of drug-likeness (QED) is 0.390. The van der Waals surface area contributed by atoms with Crippen molar-refractivity contribution in [2.45, 2.75) is 40.0 Å². The second kappa shape index (κ2) is 9.97. The lowest BCUT2D eigenvalue weighted by Crippen LogP contribution is -2.14. The van der Waals surface area contributed by atoms with Gasteiger partial charge in [0.2, 0.25) is 0 Å². The molecule has 0 heterocycles. The molecule has 0 spiro atoms. The zero-order chi connectivity index (χ0) is 18.9. The van der Waals surface area contributed by atoms with E-state index in [1.54, 1.807) is 0 Å². The largest absolute Gasteiger partial charge is 0.457 e. The van der Waals surface area contributed by atoms with Gasteiger partial charge >= 0.3 is 0 Å². The average molecular weight is 354 g/mol. The number of hydrogen-bond acceptors (Lipinski definition) is 3. The Morgan fingerprint density at radius 2 is 1.92 bits per heavy atom. The lowest BCUT2D eigenvalue weighted by atomic mass is 10.1. The van der Waals surface area contributed by atoms with Crippen molar-refractivity contribution in [3.8, 4) is 11.5 Å². The molecule has 0 amide bonds. The van der Waals surface area contributed by atoms with E-state index in [-0.39, 0.29) is 6.61 Å². The molecule has 0 aliphatic heterocycles. The van der Waals surface area contributed by atoms with Crippen LogP contribution in [0.15, 0.2) is 41.4 Å². The summed E-state index contributed by atoms with van der Waals surface area (Å²) >= 11 is 0. The molecule has 0 saturated carbocycles. The fraction of sp³-hybridized carbons (Fsp3) is 0.409. The molecule has 0 radical (unpaired) electrons. The Balaban J connectivity index is 2.13. The van der Waals surface area contributed by atoms with Crippen LogP contribution in [0.1, 0.15) is 36.5 Å². The summed E-state index contributed by atoms with van der Waals surface area (Å²) < 4.78 is 6.13. The summed E-state index contributed by atoms with van der Waals surface area (Å²) in [5, 5.41) is 8.92. The molecule has 2 aromatic carbocycles. The summed E-state index contributed by atoms with van der Waals surface area (Å²) in [7, 11) is 2.01. The maximum absolute atomic E-state index is 8.92. The minimum absolute atomic E-state index is 0.248. The number of ether oxygens (including phenoxy) is 1. The first-order valence-electron chi connectivity index (χ1n) is 9.26. The van der Waals surface area contributed by atoms with Gasteiger partial charge in [0.05, 0.1) is 12.0 Å². The first kappa shape index (κ1) is 20.0. The van der Waals surface area contributed by atoms with Crippen molar-refractivity contribution in [1.82, 2.24) is 4.90 Å². The number of nitrogens with zero attached hydrogens (tertiary/aromatic N) is 2. The number of aliphatic hydroxyl groups is 1. The van der Waals surface area contributed by atoms with Gasteiger partial charge in [-0.15, -0.1) is 0 Å². The van der Waals surface area contributed by atoms with Gasteiger partial charge in [-0.25, -0.2) is 4.99 Å². The molecule has 0 aliphatic rings. The Labute approximate surface area is 157 Å². The van der Waals surface area contributed by atoms with Crippen molar-refractivity contribution in [2.75, 3.05) is 20.2 Å². The van der Waals surface area contributed by atoms with Crippen molar-refractivity contribution in [3.05, 3.63) is 53.1 Å². The zero-order valence-electron chi connectivity index (χ0n) is 16.3. The van der Waals surface area contributed by atoms with E-state index in [9.17, 15) is 0 Å². The maximum atomic E-state index is 8.92. The number of aryl methyl sites for hydroxylation is 3. The third kappa shape index (κ3) is 5.88. The molecule has 4 nitrogen and oxygen atoms in total. The van der Waals surface area contributed by atoms with Gasteiger partial charge in [0, 0.05) is 20.2 Å². The van der Waals surface area contributed by atoms with Crippen LogP contribution in [-0.2, 0) is 6.42 Å². The van der Waals surface area contributed by atoms with E-state index in [0.29, 0.717) is 0 Å². The fourth-order valence-corrected chi connectivity index (χ4v) is 2.60. The Kier molecular flexibility index (Phi) is 7.67. The highest BCUT2D eigenvalue weighted by Crippen LogP contribution is 2.31. The normalized spacial score (nSPS) is 11.1. The molecule has 0 aliphatic carbocycles. The van der Waals surface area contributed by atoms with Crippen LogP contribution >= 0.6 is 0 Å². The van der Waals surface area contributed by atoms with E-state index in [4.69, 9.17) is 9.84 Å². The molecule has 0 aromatic heterocycles. The first-order chi connectivity index (χ1) is 12.5. The van der Waals surface area contributed by atoms with Crippen LogP contribution < -0.4 is 4.74 Å². The highest BCUT2D eigenvalue weighted by Gasteiger charge is 2.07. The van der Waals surface area contributed by atoms with Gasteiger partial charge in [0.1, 0.15) is 11.5 Å². The van der Waals surface area contributed by atoms with Crippen LogP contribution in [0.2, 0.25) is 0 Å². The van der Waals surface area contributed by atoms with Crippen molar-refractivity contribution in [3.63, 3.8) is 0 Å².